The molecule has 0 saturated heterocycles. The second kappa shape index (κ2) is 4.69. The number of aryl methyl sites for hydroxylation is 1. The molecule has 0 radical (unpaired) electrons. The Hall–Kier alpha value is -1.31. The Morgan fingerprint density at radius 1 is 1.00 bits per heavy atom. The summed E-state index contributed by atoms with van der Waals surface area (Å²) in [6, 6.07) is 15.7. The van der Waals surface area contributed by atoms with Crippen molar-refractivity contribution in [3.8, 4) is 0 Å². The first kappa shape index (κ1) is 11.2. The SMILES string of the molecule is Cc1cccc(Cl)c1C(N)c1ccccc1. The Morgan fingerprint density at radius 2 is 1.69 bits per heavy atom. The van der Waals surface area contributed by atoms with Gasteiger partial charge in [-0.2, -0.15) is 0 Å². The van der Waals surface area contributed by atoms with Crippen LogP contribution in [0.15, 0.2) is 48.5 Å². The summed E-state index contributed by atoms with van der Waals surface area (Å²) in [4.78, 5) is 0. The third kappa shape index (κ3) is 2.11. The highest BCUT2D eigenvalue weighted by Crippen LogP contribution is 2.28. The molecule has 82 valence electrons. The van der Waals surface area contributed by atoms with Crippen molar-refractivity contribution < 1.29 is 0 Å². The highest BCUT2D eigenvalue weighted by molar-refractivity contribution is 6.31. The molecule has 0 fully saturated rings. The summed E-state index contributed by atoms with van der Waals surface area (Å²) in [6.07, 6.45) is 0. The van der Waals surface area contributed by atoms with Crippen molar-refractivity contribution in [2.24, 2.45) is 5.73 Å². The number of nitrogens with two attached hydrogens (primary N) is 1. The van der Waals surface area contributed by atoms with Gasteiger partial charge in [-0.05, 0) is 29.7 Å². The fraction of sp³-hybridized carbons (Fsp3) is 0.143. The summed E-state index contributed by atoms with van der Waals surface area (Å²) in [5, 5.41) is 0.733. The van der Waals surface area contributed by atoms with E-state index >= 15 is 0 Å². The predicted octanol–water partition coefficient (Wildman–Crippen LogP) is 3.70. The van der Waals surface area contributed by atoms with Crippen LogP contribution < -0.4 is 5.73 Å². The van der Waals surface area contributed by atoms with Crippen LogP contribution in [0.5, 0.6) is 0 Å². The molecule has 0 spiro atoms. The number of rotatable bonds is 2. The topological polar surface area (TPSA) is 26.0 Å². The minimum Gasteiger partial charge on any atom is -0.320 e. The number of hydrogen-bond donors (Lipinski definition) is 1. The molecule has 0 aliphatic heterocycles. The van der Waals surface area contributed by atoms with Gasteiger partial charge < -0.3 is 5.73 Å². The molecule has 1 nitrogen and oxygen atoms in total. The first-order valence-electron chi connectivity index (χ1n) is 5.25. The second-order valence-electron chi connectivity index (χ2n) is 3.86. The maximum Gasteiger partial charge on any atom is 0.0569 e. The molecule has 0 saturated carbocycles. The minimum absolute atomic E-state index is 0.158. The zero-order chi connectivity index (χ0) is 11.5. The van der Waals surface area contributed by atoms with Crippen molar-refractivity contribution in [2.75, 3.05) is 0 Å². The van der Waals surface area contributed by atoms with Crippen molar-refractivity contribution >= 4 is 11.6 Å². The van der Waals surface area contributed by atoms with E-state index in [4.69, 9.17) is 17.3 Å². The lowest BCUT2D eigenvalue weighted by Crippen LogP contribution is -2.13. The maximum absolute atomic E-state index is 6.23. The zero-order valence-electron chi connectivity index (χ0n) is 9.15. The molecule has 0 bridgehead atoms. The molecule has 2 heteroatoms. The van der Waals surface area contributed by atoms with Crippen LogP contribution in [0.25, 0.3) is 0 Å². The smallest absolute Gasteiger partial charge is 0.0569 e. The Bertz CT molecular complexity index is 459. The molecule has 0 aliphatic rings. The van der Waals surface area contributed by atoms with Crippen molar-refractivity contribution in [3.63, 3.8) is 0 Å². The van der Waals surface area contributed by atoms with Crippen molar-refractivity contribution in [3.05, 3.63) is 70.2 Å². The van der Waals surface area contributed by atoms with Gasteiger partial charge in [0.05, 0.1) is 6.04 Å². The average Bonchev–Trinajstić information content (AvgIpc) is 2.30. The average molecular weight is 232 g/mol. The lowest BCUT2D eigenvalue weighted by molar-refractivity contribution is 0.862. The highest BCUT2D eigenvalue weighted by Gasteiger charge is 2.13. The first-order valence-corrected chi connectivity index (χ1v) is 5.63. The predicted molar refractivity (Wildman–Crippen MR) is 68.7 cm³/mol. The molecule has 2 rings (SSSR count). The van der Waals surface area contributed by atoms with Gasteiger partial charge >= 0.3 is 0 Å². The van der Waals surface area contributed by atoms with Crippen molar-refractivity contribution in [2.45, 2.75) is 13.0 Å². The van der Waals surface area contributed by atoms with Gasteiger partial charge in [-0.15, -0.1) is 0 Å². The molecule has 0 aromatic heterocycles. The Balaban J connectivity index is 2.46. The standard InChI is InChI=1S/C14H14ClN/c1-10-6-5-9-12(15)13(10)14(16)11-7-3-2-4-8-11/h2-9,14H,16H2,1H3. The summed E-state index contributed by atoms with van der Waals surface area (Å²) >= 11 is 6.19. The van der Waals surface area contributed by atoms with E-state index in [1.165, 1.54) is 0 Å². The van der Waals surface area contributed by atoms with E-state index in [0.29, 0.717) is 0 Å². The van der Waals surface area contributed by atoms with Gasteiger partial charge in [-0.1, -0.05) is 54.1 Å². The molecule has 2 N–H and O–H groups in total. The Labute approximate surface area is 101 Å². The second-order valence-corrected chi connectivity index (χ2v) is 4.27. The monoisotopic (exact) mass is 231 g/mol. The van der Waals surface area contributed by atoms with Crippen LogP contribution in [0.1, 0.15) is 22.7 Å². The molecule has 1 atom stereocenters. The fourth-order valence-corrected chi connectivity index (χ4v) is 2.21. The van der Waals surface area contributed by atoms with Gasteiger partial charge in [0.1, 0.15) is 0 Å². The summed E-state index contributed by atoms with van der Waals surface area (Å²) < 4.78 is 0. The van der Waals surface area contributed by atoms with Crippen LogP contribution in [0.3, 0.4) is 0 Å². The van der Waals surface area contributed by atoms with E-state index in [9.17, 15) is 0 Å². The van der Waals surface area contributed by atoms with Crippen LogP contribution in [0, 0.1) is 6.92 Å². The van der Waals surface area contributed by atoms with E-state index in [1.807, 2.05) is 55.5 Å². The van der Waals surface area contributed by atoms with Crippen LogP contribution >= 0.6 is 11.6 Å². The molecule has 16 heavy (non-hydrogen) atoms. The van der Waals surface area contributed by atoms with Gasteiger partial charge in [-0.25, -0.2) is 0 Å². The van der Waals surface area contributed by atoms with Crippen molar-refractivity contribution in [1.29, 1.82) is 0 Å². The lowest BCUT2D eigenvalue weighted by Gasteiger charge is -2.16. The molecule has 1 unspecified atom stereocenters. The van der Waals surface area contributed by atoms with Crippen LogP contribution in [-0.4, -0.2) is 0 Å². The van der Waals surface area contributed by atoms with E-state index in [0.717, 1.165) is 21.7 Å². The van der Waals surface area contributed by atoms with Crippen molar-refractivity contribution in [1.82, 2.24) is 0 Å². The van der Waals surface area contributed by atoms with Gasteiger partial charge in [0.15, 0.2) is 0 Å². The molecule has 2 aromatic rings. The molecule has 2 aromatic carbocycles. The first-order chi connectivity index (χ1) is 7.70. The Morgan fingerprint density at radius 3 is 2.31 bits per heavy atom. The summed E-state index contributed by atoms with van der Waals surface area (Å²) in [7, 11) is 0. The maximum atomic E-state index is 6.23. The molecule has 0 amide bonds. The third-order valence-electron chi connectivity index (χ3n) is 2.74. The number of benzene rings is 2. The van der Waals surface area contributed by atoms with Gasteiger partial charge in [0.25, 0.3) is 0 Å². The summed E-state index contributed by atoms with van der Waals surface area (Å²) in [6.45, 7) is 2.03. The summed E-state index contributed by atoms with van der Waals surface area (Å²) in [5.74, 6) is 0. The fourth-order valence-electron chi connectivity index (χ4n) is 1.87. The molecule has 0 heterocycles. The largest absolute Gasteiger partial charge is 0.320 e. The molecule has 0 aliphatic carbocycles. The van der Waals surface area contributed by atoms with Gasteiger partial charge in [-0.3, -0.25) is 0 Å². The normalized spacial score (nSPS) is 12.4. The molecular formula is C14H14ClN. The van der Waals surface area contributed by atoms with Gasteiger partial charge in [0, 0.05) is 5.02 Å². The molecular weight excluding hydrogens is 218 g/mol. The number of halogens is 1. The van der Waals surface area contributed by atoms with Crippen LogP contribution in [0.2, 0.25) is 5.02 Å². The highest BCUT2D eigenvalue weighted by atomic mass is 35.5. The number of hydrogen-bond acceptors (Lipinski definition) is 1. The van der Waals surface area contributed by atoms with E-state index in [2.05, 4.69) is 0 Å². The third-order valence-corrected chi connectivity index (χ3v) is 3.07. The zero-order valence-corrected chi connectivity index (χ0v) is 9.91. The van der Waals surface area contributed by atoms with E-state index in [-0.39, 0.29) is 6.04 Å². The van der Waals surface area contributed by atoms with Gasteiger partial charge in [0.2, 0.25) is 0 Å². The van der Waals surface area contributed by atoms with Crippen LogP contribution in [0.4, 0.5) is 0 Å². The lowest BCUT2D eigenvalue weighted by atomic mass is 9.96. The van der Waals surface area contributed by atoms with Crippen LogP contribution in [-0.2, 0) is 0 Å². The summed E-state index contributed by atoms with van der Waals surface area (Å²) in [5.41, 5.74) is 9.45. The van der Waals surface area contributed by atoms with E-state index < -0.39 is 0 Å². The quantitative estimate of drug-likeness (QED) is 0.838. The minimum atomic E-state index is -0.158. The van der Waals surface area contributed by atoms with E-state index in [1.54, 1.807) is 0 Å². The Kier molecular flexibility index (Phi) is 3.28.